The first-order valence-corrected chi connectivity index (χ1v) is 5.99. The van der Waals surface area contributed by atoms with E-state index in [0.29, 0.717) is 16.0 Å². The third-order valence-corrected chi connectivity index (χ3v) is 2.67. The molecular formula is C10H16Cl2N4O. The Morgan fingerprint density at radius 2 is 2.12 bits per heavy atom. The summed E-state index contributed by atoms with van der Waals surface area (Å²) in [5, 5.41) is 11.2. The maximum Gasteiger partial charge on any atom is 0.174 e. The second-order valence-corrected chi connectivity index (χ2v) is 4.34. The number of rotatable bonds is 7. The lowest BCUT2D eigenvalue weighted by molar-refractivity contribution is 0.163. The molecule has 17 heavy (non-hydrogen) atoms. The fraction of sp³-hybridized carbons (Fsp3) is 0.600. The highest BCUT2D eigenvalue weighted by Crippen LogP contribution is 2.20. The van der Waals surface area contributed by atoms with E-state index in [9.17, 15) is 0 Å². The minimum Gasteiger partial charge on any atom is -0.383 e. The van der Waals surface area contributed by atoms with Crippen LogP contribution in [-0.4, -0.2) is 55.5 Å². The maximum atomic E-state index is 5.87. The summed E-state index contributed by atoms with van der Waals surface area (Å²) in [6.07, 6.45) is 0. The first kappa shape index (κ1) is 14.4. The van der Waals surface area contributed by atoms with E-state index >= 15 is 0 Å². The van der Waals surface area contributed by atoms with Crippen molar-refractivity contribution < 1.29 is 4.74 Å². The predicted molar refractivity (Wildman–Crippen MR) is 69.9 cm³/mol. The zero-order valence-corrected chi connectivity index (χ0v) is 11.4. The van der Waals surface area contributed by atoms with Crippen LogP contribution in [0.5, 0.6) is 0 Å². The summed E-state index contributed by atoms with van der Waals surface area (Å²) in [7, 11) is 3.72. The summed E-state index contributed by atoms with van der Waals surface area (Å²) in [5.41, 5.74) is 0.701. The van der Waals surface area contributed by atoms with Gasteiger partial charge >= 0.3 is 0 Å². The Kier molecular flexibility index (Phi) is 6.50. The van der Waals surface area contributed by atoms with Crippen molar-refractivity contribution in [2.75, 3.05) is 45.7 Å². The molecule has 5 nitrogen and oxygen atoms in total. The monoisotopic (exact) mass is 278 g/mol. The Balaban J connectivity index is 2.32. The molecule has 96 valence electrons. The highest BCUT2D eigenvalue weighted by Gasteiger charge is 2.04. The molecule has 0 bridgehead atoms. The Hall–Kier alpha value is -0.620. The largest absolute Gasteiger partial charge is 0.383 e. The SMILES string of the molecule is COCCN(C)CCNc1cc(Cl)nnc1Cl. The van der Waals surface area contributed by atoms with Crippen molar-refractivity contribution in [1.29, 1.82) is 0 Å². The molecule has 0 saturated heterocycles. The number of likely N-dealkylation sites (N-methyl/N-ethyl adjacent to an activating group) is 1. The van der Waals surface area contributed by atoms with Crippen LogP contribution in [0.4, 0.5) is 5.69 Å². The van der Waals surface area contributed by atoms with E-state index in [4.69, 9.17) is 27.9 Å². The standard InChI is InChI=1S/C10H16Cl2N4O/c1-16(5-6-17-2)4-3-13-8-7-9(11)14-15-10(8)12/h7H,3-6H2,1-2H3,(H,13,14). The minimum atomic E-state index is 0.324. The molecule has 1 rings (SSSR count). The van der Waals surface area contributed by atoms with Gasteiger partial charge in [0.05, 0.1) is 12.3 Å². The normalized spacial score (nSPS) is 10.9. The molecule has 0 fully saturated rings. The number of hydrogen-bond acceptors (Lipinski definition) is 5. The van der Waals surface area contributed by atoms with Crippen molar-refractivity contribution in [3.05, 3.63) is 16.4 Å². The fourth-order valence-corrected chi connectivity index (χ4v) is 1.52. The number of halogens is 2. The molecule has 0 spiro atoms. The second kappa shape index (κ2) is 7.66. The number of nitrogens with one attached hydrogen (secondary N) is 1. The lowest BCUT2D eigenvalue weighted by Crippen LogP contribution is -2.28. The van der Waals surface area contributed by atoms with Gasteiger partial charge in [0.2, 0.25) is 0 Å². The number of hydrogen-bond donors (Lipinski definition) is 1. The molecule has 1 aromatic heterocycles. The van der Waals surface area contributed by atoms with Crippen molar-refractivity contribution in [3.8, 4) is 0 Å². The van der Waals surface area contributed by atoms with Gasteiger partial charge in [-0.25, -0.2) is 0 Å². The molecule has 1 heterocycles. The van der Waals surface area contributed by atoms with E-state index in [-0.39, 0.29) is 0 Å². The molecule has 0 aliphatic carbocycles. The Bertz CT molecular complexity index is 351. The van der Waals surface area contributed by atoms with Crippen LogP contribution in [0.25, 0.3) is 0 Å². The molecule has 0 aliphatic heterocycles. The Morgan fingerprint density at radius 1 is 1.35 bits per heavy atom. The van der Waals surface area contributed by atoms with E-state index in [0.717, 1.165) is 26.2 Å². The topological polar surface area (TPSA) is 50.3 Å². The van der Waals surface area contributed by atoms with Crippen molar-refractivity contribution in [3.63, 3.8) is 0 Å². The molecule has 0 aliphatic rings. The van der Waals surface area contributed by atoms with Crippen molar-refractivity contribution in [1.82, 2.24) is 15.1 Å². The van der Waals surface area contributed by atoms with E-state index in [2.05, 4.69) is 20.4 Å². The zero-order valence-electron chi connectivity index (χ0n) is 9.91. The van der Waals surface area contributed by atoms with Gasteiger partial charge in [0.25, 0.3) is 0 Å². The van der Waals surface area contributed by atoms with Crippen molar-refractivity contribution >= 4 is 28.9 Å². The molecule has 0 aromatic carbocycles. The second-order valence-electron chi connectivity index (χ2n) is 3.59. The molecule has 0 atom stereocenters. The van der Waals surface area contributed by atoms with Gasteiger partial charge < -0.3 is 15.0 Å². The van der Waals surface area contributed by atoms with Gasteiger partial charge in [0.15, 0.2) is 10.3 Å². The van der Waals surface area contributed by atoms with Crippen LogP contribution in [0.3, 0.4) is 0 Å². The highest BCUT2D eigenvalue weighted by molar-refractivity contribution is 6.33. The summed E-state index contributed by atoms with van der Waals surface area (Å²) in [6.45, 7) is 3.24. The van der Waals surface area contributed by atoms with E-state index in [1.54, 1.807) is 13.2 Å². The number of anilines is 1. The van der Waals surface area contributed by atoms with Crippen LogP contribution in [0, 0.1) is 0 Å². The van der Waals surface area contributed by atoms with Gasteiger partial charge in [-0.1, -0.05) is 23.2 Å². The molecule has 1 N–H and O–H groups in total. The average molecular weight is 279 g/mol. The van der Waals surface area contributed by atoms with Crippen LogP contribution in [0.2, 0.25) is 10.3 Å². The van der Waals surface area contributed by atoms with Gasteiger partial charge in [0.1, 0.15) is 0 Å². The molecule has 1 aromatic rings. The summed E-state index contributed by atoms with van der Waals surface area (Å²) in [6, 6.07) is 1.66. The number of nitrogens with zero attached hydrogens (tertiary/aromatic N) is 3. The zero-order chi connectivity index (χ0) is 12.7. The Morgan fingerprint density at radius 3 is 2.82 bits per heavy atom. The van der Waals surface area contributed by atoms with Crippen LogP contribution >= 0.6 is 23.2 Å². The molecule has 0 saturated carbocycles. The predicted octanol–water partition coefficient (Wildman–Crippen LogP) is 1.77. The fourth-order valence-electron chi connectivity index (χ4n) is 1.22. The Labute approximate surface area is 111 Å². The van der Waals surface area contributed by atoms with Gasteiger partial charge in [-0.3, -0.25) is 0 Å². The molecule has 0 unspecified atom stereocenters. The quantitative estimate of drug-likeness (QED) is 0.824. The minimum absolute atomic E-state index is 0.324. The average Bonchev–Trinajstić information content (AvgIpc) is 2.31. The highest BCUT2D eigenvalue weighted by atomic mass is 35.5. The molecule has 0 radical (unpaired) electrons. The lowest BCUT2D eigenvalue weighted by Gasteiger charge is -2.16. The van der Waals surface area contributed by atoms with Gasteiger partial charge in [0, 0.05) is 32.8 Å². The van der Waals surface area contributed by atoms with Crippen LogP contribution in [0.1, 0.15) is 0 Å². The smallest absolute Gasteiger partial charge is 0.174 e. The van der Waals surface area contributed by atoms with Gasteiger partial charge in [-0.15, -0.1) is 10.2 Å². The van der Waals surface area contributed by atoms with E-state index in [1.165, 1.54) is 0 Å². The third kappa shape index (κ3) is 5.50. The van der Waals surface area contributed by atoms with E-state index in [1.807, 2.05) is 7.05 Å². The van der Waals surface area contributed by atoms with Crippen molar-refractivity contribution in [2.24, 2.45) is 0 Å². The van der Waals surface area contributed by atoms with Gasteiger partial charge in [-0.2, -0.15) is 0 Å². The van der Waals surface area contributed by atoms with Crippen LogP contribution in [0.15, 0.2) is 6.07 Å². The van der Waals surface area contributed by atoms with Crippen LogP contribution in [-0.2, 0) is 4.74 Å². The summed E-state index contributed by atoms with van der Waals surface area (Å²) < 4.78 is 4.99. The molecular weight excluding hydrogens is 263 g/mol. The number of aromatic nitrogens is 2. The van der Waals surface area contributed by atoms with Gasteiger partial charge in [-0.05, 0) is 7.05 Å². The summed E-state index contributed by atoms with van der Waals surface area (Å²) >= 11 is 11.6. The summed E-state index contributed by atoms with van der Waals surface area (Å²) in [5.74, 6) is 0. The maximum absolute atomic E-state index is 5.87. The van der Waals surface area contributed by atoms with E-state index < -0.39 is 0 Å². The number of ether oxygens (including phenoxy) is 1. The summed E-state index contributed by atoms with van der Waals surface area (Å²) in [4.78, 5) is 2.15. The third-order valence-electron chi connectivity index (χ3n) is 2.21. The first-order chi connectivity index (χ1) is 8.13. The first-order valence-electron chi connectivity index (χ1n) is 5.23. The lowest BCUT2D eigenvalue weighted by atomic mass is 10.4. The van der Waals surface area contributed by atoms with Crippen LogP contribution < -0.4 is 5.32 Å². The van der Waals surface area contributed by atoms with Crippen molar-refractivity contribution in [2.45, 2.75) is 0 Å². The molecule has 0 amide bonds. The molecule has 7 heteroatoms. The number of methoxy groups -OCH3 is 1.